The largest absolute Gasteiger partial charge is 0.329 e. The molecule has 0 saturated heterocycles. The molecular weight excluding hydrogens is 239 g/mol. The summed E-state index contributed by atoms with van der Waals surface area (Å²) in [5.41, 5.74) is 6.24. The molecule has 1 aromatic rings. The first kappa shape index (κ1) is 14.4. The molecule has 0 spiro atoms. The van der Waals surface area contributed by atoms with Crippen LogP contribution in [0.1, 0.15) is 25.3 Å². The number of unbranched alkanes of at least 4 members (excludes halogenated alkanes) is 1. The second-order valence-corrected chi connectivity index (χ2v) is 4.59. The lowest BCUT2D eigenvalue weighted by Crippen LogP contribution is -2.30. The van der Waals surface area contributed by atoms with Crippen LogP contribution in [0, 0.1) is 5.82 Å². The van der Waals surface area contributed by atoms with E-state index in [-0.39, 0.29) is 5.82 Å². The highest BCUT2D eigenvalue weighted by Gasteiger charge is 2.08. The van der Waals surface area contributed by atoms with Crippen molar-refractivity contribution in [2.75, 3.05) is 19.6 Å². The molecule has 0 fully saturated rings. The summed E-state index contributed by atoms with van der Waals surface area (Å²) in [4.78, 5) is 2.18. The lowest BCUT2D eigenvalue weighted by molar-refractivity contribution is 0.265. The van der Waals surface area contributed by atoms with Crippen molar-refractivity contribution >= 4 is 11.6 Å². The molecule has 0 heterocycles. The molecular formula is C13H20ClFN2. The van der Waals surface area contributed by atoms with Crippen LogP contribution in [-0.4, -0.2) is 24.5 Å². The topological polar surface area (TPSA) is 29.3 Å². The molecule has 96 valence electrons. The van der Waals surface area contributed by atoms with Crippen molar-refractivity contribution in [1.82, 2.24) is 4.90 Å². The summed E-state index contributed by atoms with van der Waals surface area (Å²) < 4.78 is 13.6. The Balaban J connectivity index is 2.64. The molecule has 4 heteroatoms. The van der Waals surface area contributed by atoms with Gasteiger partial charge in [-0.15, -0.1) is 0 Å². The molecule has 0 radical (unpaired) electrons. The van der Waals surface area contributed by atoms with E-state index in [1.807, 2.05) is 0 Å². The highest BCUT2D eigenvalue weighted by molar-refractivity contribution is 6.30. The number of halogens is 2. The quantitative estimate of drug-likeness (QED) is 0.815. The summed E-state index contributed by atoms with van der Waals surface area (Å²) in [6, 6.07) is 4.82. The standard InChI is InChI=1S/C13H20ClFN2/c1-2-3-7-17(8-6-16)10-11-4-5-12(14)9-13(11)15/h4-5,9H,2-3,6-8,10,16H2,1H3. The second-order valence-electron chi connectivity index (χ2n) is 4.15. The minimum absolute atomic E-state index is 0.240. The summed E-state index contributed by atoms with van der Waals surface area (Å²) >= 11 is 5.72. The molecule has 1 rings (SSSR count). The Morgan fingerprint density at radius 2 is 2.12 bits per heavy atom. The first-order chi connectivity index (χ1) is 8.17. The minimum atomic E-state index is -0.240. The zero-order valence-corrected chi connectivity index (χ0v) is 11.0. The SMILES string of the molecule is CCCCN(CCN)Cc1ccc(Cl)cc1F. The number of nitrogens with zero attached hydrogens (tertiary/aromatic N) is 1. The third-order valence-corrected chi connectivity index (χ3v) is 2.92. The van der Waals surface area contributed by atoms with Crippen LogP contribution in [0.25, 0.3) is 0 Å². The van der Waals surface area contributed by atoms with Crippen LogP contribution >= 0.6 is 11.6 Å². The fourth-order valence-corrected chi connectivity index (χ4v) is 1.88. The van der Waals surface area contributed by atoms with Crippen molar-refractivity contribution < 1.29 is 4.39 Å². The van der Waals surface area contributed by atoms with Gasteiger partial charge in [0, 0.05) is 30.2 Å². The van der Waals surface area contributed by atoms with Gasteiger partial charge in [0.2, 0.25) is 0 Å². The van der Waals surface area contributed by atoms with Gasteiger partial charge in [0.05, 0.1) is 0 Å². The number of hydrogen-bond acceptors (Lipinski definition) is 2. The normalized spacial score (nSPS) is 11.1. The highest BCUT2D eigenvalue weighted by atomic mass is 35.5. The Morgan fingerprint density at radius 3 is 2.71 bits per heavy atom. The molecule has 0 aliphatic carbocycles. The third-order valence-electron chi connectivity index (χ3n) is 2.68. The maximum absolute atomic E-state index is 13.6. The van der Waals surface area contributed by atoms with Gasteiger partial charge in [-0.1, -0.05) is 31.0 Å². The zero-order valence-electron chi connectivity index (χ0n) is 10.3. The number of hydrogen-bond donors (Lipinski definition) is 1. The summed E-state index contributed by atoms with van der Waals surface area (Å²) in [5.74, 6) is -0.240. The monoisotopic (exact) mass is 258 g/mol. The summed E-state index contributed by atoms with van der Waals surface area (Å²) in [6.07, 6.45) is 2.24. The van der Waals surface area contributed by atoms with Gasteiger partial charge >= 0.3 is 0 Å². The Bertz CT molecular complexity index is 344. The van der Waals surface area contributed by atoms with Crippen LogP contribution in [-0.2, 0) is 6.54 Å². The maximum Gasteiger partial charge on any atom is 0.129 e. The second kappa shape index (κ2) is 7.64. The molecule has 0 bridgehead atoms. The lowest BCUT2D eigenvalue weighted by atomic mass is 10.2. The van der Waals surface area contributed by atoms with Crippen LogP contribution in [0.4, 0.5) is 4.39 Å². The predicted molar refractivity (Wildman–Crippen MR) is 70.6 cm³/mol. The van der Waals surface area contributed by atoms with Crippen LogP contribution in [0.15, 0.2) is 18.2 Å². The average molecular weight is 259 g/mol. The fraction of sp³-hybridized carbons (Fsp3) is 0.538. The molecule has 0 atom stereocenters. The highest BCUT2D eigenvalue weighted by Crippen LogP contribution is 2.16. The van der Waals surface area contributed by atoms with Crippen molar-refractivity contribution in [3.63, 3.8) is 0 Å². The van der Waals surface area contributed by atoms with Crippen molar-refractivity contribution in [2.24, 2.45) is 5.73 Å². The molecule has 17 heavy (non-hydrogen) atoms. The van der Waals surface area contributed by atoms with Crippen molar-refractivity contribution in [3.8, 4) is 0 Å². The average Bonchev–Trinajstić information content (AvgIpc) is 2.29. The van der Waals surface area contributed by atoms with Crippen LogP contribution in [0.3, 0.4) is 0 Å². The molecule has 0 amide bonds. The minimum Gasteiger partial charge on any atom is -0.329 e. The van der Waals surface area contributed by atoms with E-state index in [1.54, 1.807) is 12.1 Å². The first-order valence-corrected chi connectivity index (χ1v) is 6.41. The van der Waals surface area contributed by atoms with E-state index in [0.717, 1.165) is 25.9 Å². The molecule has 0 unspecified atom stereocenters. The Morgan fingerprint density at radius 1 is 1.35 bits per heavy atom. The number of nitrogens with two attached hydrogens (primary N) is 1. The van der Waals surface area contributed by atoms with Crippen molar-refractivity contribution in [3.05, 3.63) is 34.6 Å². The fourth-order valence-electron chi connectivity index (χ4n) is 1.73. The van der Waals surface area contributed by atoms with E-state index in [4.69, 9.17) is 17.3 Å². The van der Waals surface area contributed by atoms with Crippen molar-refractivity contribution in [2.45, 2.75) is 26.3 Å². The Hall–Kier alpha value is -0.640. The Kier molecular flexibility index (Phi) is 6.48. The molecule has 1 aromatic carbocycles. The van der Waals surface area contributed by atoms with Crippen LogP contribution in [0.5, 0.6) is 0 Å². The van der Waals surface area contributed by atoms with E-state index in [9.17, 15) is 4.39 Å². The van der Waals surface area contributed by atoms with Crippen molar-refractivity contribution in [1.29, 1.82) is 0 Å². The van der Waals surface area contributed by atoms with Crippen LogP contribution < -0.4 is 5.73 Å². The van der Waals surface area contributed by atoms with Gasteiger partial charge < -0.3 is 5.73 Å². The van der Waals surface area contributed by atoms with Gasteiger partial charge in [-0.3, -0.25) is 4.90 Å². The van der Waals surface area contributed by atoms with Gasteiger partial charge in [-0.25, -0.2) is 4.39 Å². The lowest BCUT2D eigenvalue weighted by Gasteiger charge is -2.21. The maximum atomic E-state index is 13.6. The first-order valence-electron chi connectivity index (χ1n) is 6.03. The number of benzene rings is 1. The van der Waals surface area contributed by atoms with Gasteiger partial charge in [0.25, 0.3) is 0 Å². The van der Waals surface area contributed by atoms with Crippen LogP contribution in [0.2, 0.25) is 5.02 Å². The zero-order chi connectivity index (χ0) is 12.7. The van der Waals surface area contributed by atoms with E-state index in [1.165, 1.54) is 6.07 Å². The summed E-state index contributed by atoms with van der Waals surface area (Å²) in [6.45, 7) is 5.08. The van der Waals surface area contributed by atoms with E-state index in [0.29, 0.717) is 23.7 Å². The summed E-state index contributed by atoms with van der Waals surface area (Å²) in [7, 11) is 0. The third kappa shape index (κ3) is 5.02. The molecule has 0 aliphatic heterocycles. The van der Waals surface area contributed by atoms with Gasteiger partial charge in [-0.2, -0.15) is 0 Å². The van der Waals surface area contributed by atoms with Gasteiger partial charge in [0.15, 0.2) is 0 Å². The molecule has 2 N–H and O–H groups in total. The van der Waals surface area contributed by atoms with E-state index in [2.05, 4.69) is 11.8 Å². The molecule has 0 aromatic heterocycles. The Labute approximate surface area is 108 Å². The summed E-state index contributed by atoms with van der Waals surface area (Å²) in [5, 5.41) is 0.435. The number of rotatable bonds is 7. The smallest absolute Gasteiger partial charge is 0.129 e. The predicted octanol–water partition coefficient (Wildman–Crippen LogP) is 3.04. The molecule has 0 saturated carbocycles. The van der Waals surface area contributed by atoms with E-state index >= 15 is 0 Å². The molecule has 2 nitrogen and oxygen atoms in total. The van der Waals surface area contributed by atoms with E-state index < -0.39 is 0 Å². The van der Waals surface area contributed by atoms with Gasteiger partial charge in [-0.05, 0) is 25.1 Å². The molecule has 0 aliphatic rings. The van der Waals surface area contributed by atoms with Gasteiger partial charge in [0.1, 0.15) is 5.82 Å².